The van der Waals surface area contributed by atoms with Crippen LogP contribution in [0.15, 0.2) is 47.0 Å². The van der Waals surface area contributed by atoms with Crippen molar-refractivity contribution in [2.24, 2.45) is 0 Å². The number of likely N-dealkylation sites (tertiary alicyclic amines) is 1. The first kappa shape index (κ1) is 18.8. The number of aliphatic hydroxyl groups is 1. The van der Waals surface area contributed by atoms with Crippen LogP contribution in [-0.2, 0) is 0 Å². The zero-order valence-corrected chi connectivity index (χ0v) is 16.4. The number of aliphatic hydroxyl groups excluding tert-OH is 1. The van der Waals surface area contributed by atoms with E-state index in [9.17, 15) is 9.59 Å². The number of hydrogen-bond acceptors (Lipinski definition) is 7. The normalized spacial score (nSPS) is 17.1. The van der Waals surface area contributed by atoms with Crippen molar-refractivity contribution in [3.63, 3.8) is 0 Å². The molecule has 0 spiro atoms. The highest BCUT2D eigenvalue weighted by Crippen LogP contribution is 2.32. The lowest BCUT2D eigenvalue weighted by Gasteiger charge is -2.29. The molecule has 5 rings (SSSR count). The van der Waals surface area contributed by atoms with E-state index < -0.39 is 0 Å². The lowest BCUT2D eigenvalue weighted by molar-refractivity contribution is 0.0979. The lowest BCUT2D eigenvalue weighted by Crippen LogP contribution is -2.35. The highest BCUT2D eigenvalue weighted by molar-refractivity contribution is 6.28. The van der Waals surface area contributed by atoms with Gasteiger partial charge < -0.3 is 14.5 Å². The van der Waals surface area contributed by atoms with Crippen molar-refractivity contribution in [2.45, 2.75) is 18.8 Å². The molecule has 0 bridgehead atoms. The summed E-state index contributed by atoms with van der Waals surface area (Å²) in [6, 6.07) is 12.0. The van der Waals surface area contributed by atoms with Crippen LogP contribution in [0.3, 0.4) is 0 Å². The quantitative estimate of drug-likeness (QED) is 0.560. The Morgan fingerprint density at radius 3 is 2.33 bits per heavy atom. The molecule has 0 saturated carbocycles. The van der Waals surface area contributed by atoms with Crippen LogP contribution < -0.4 is 0 Å². The maximum atomic E-state index is 12.9. The highest BCUT2D eigenvalue weighted by Gasteiger charge is 2.30. The maximum absolute atomic E-state index is 12.9. The van der Waals surface area contributed by atoms with Gasteiger partial charge in [-0.15, -0.1) is 0 Å². The third-order valence-electron chi connectivity index (χ3n) is 5.98. The number of carbonyl (C=O) groups is 2. The van der Waals surface area contributed by atoms with E-state index in [0.29, 0.717) is 46.1 Å². The fraction of sp³-hybridized carbons (Fsp3) is 0.304. The monoisotopic (exact) mass is 403 g/mol. The number of fused-ring (bicyclic) bond motifs is 2. The summed E-state index contributed by atoms with van der Waals surface area (Å²) in [5.41, 5.74) is 2.26. The third-order valence-corrected chi connectivity index (χ3v) is 5.98. The van der Waals surface area contributed by atoms with Crippen molar-refractivity contribution in [1.82, 2.24) is 15.0 Å². The Morgan fingerprint density at radius 1 is 0.967 bits per heavy atom. The molecule has 2 aromatic carbocycles. The molecule has 1 aliphatic heterocycles. The Morgan fingerprint density at radius 2 is 1.63 bits per heavy atom. The summed E-state index contributed by atoms with van der Waals surface area (Å²) >= 11 is 0. The van der Waals surface area contributed by atoms with Gasteiger partial charge in [0.25, 0.3) is 5.89 Å². The summed E-state index contributed by atoms with van der Waals surface area (Å²) in [5.74, 6) is 0.916. The van der Waals surface area contributed by atoms with Gasteiger partial charge in [0.1, 0.15) is 0 Å². The zero-order chi connectivity index (χ0) is 20.7. The van der Waals surface area contributed by atoms with E-state index in [4.69, 9.17) is 9.63 Å². The molecule has 1 aliphatic carbocycles. The van der Waals surface area contributed by atoms with Crippen LogP contribution in [0.25, 0.3) is 11.5 Å². The summed E-state index contributed by atoms with van der Waals surface area (Å²) in [6.07, 6.45) is 1.82. The molecule has 7 nitrogen and oxygen atoms in total. The van der Waals surface area contributed by atoms with Crippen molar-refractivity contribution in [3.8, 4) is 11.5 Å². The summed E-state index contributed by atoms with van der Waals surface area (Å²) in [4.78, 5) is 32.5. The van der Waals surface area contributed by atoms with Crippen LogP contribution in [0.2, 0.25) is 0 Å². The molecule has 2 heterocycles. The number of nitrogens with zero attached hydrogens (tertiary/aromatic N) is 3. The first-order chi connectivity index (χ1) is 14.7. The second-order valence-electron chi connectivity index (χ2n) is 7.76. The van der Waals surface area contributed by atoms with Gasteiger partial charge in [-0.2, -0.15) is 4.98 Å². The molecule has 0 radical (unpaired) electrons. The third kappa shape index (κ3) is 3.16. The predicted octanol–water partition coefficient (Wildman–Crippen LogP) is 2.68. The summed E-state index contributed by atoms with van der Waals surface area (Å²) in [7, 11) is 0. The molecule has 2 aliphatic rings. The number of piperidine rings is 1. The minimum Gasteiger partial charge on any atom is -0.395 e. The topological polar surface area (TPSA) is 96.5 Å². The van der Waals surface area contributed by atoms with Crippen LogP contribution in [0.4, 0.5) is 0 Å². The molecule has 1 aromatic heterocycles. The van der Waals surface area contributed by atoms with E-state index in [1.807, 2.05) is 0 Å². The summed E-state index contributed by atoms with van der Waals surface area (Å²) < 4.78 is 5.49. The Bertz CT molecular complexity index is 1130. The molecular weight excluding hydrogens is 382 g/mol. The van der Waals surface area contributed by atoms with E-state index in [2.05, 4.69) is 15.0 Å². The predicted molar refractivity (Wildman–Crippen MR) is 109 cm³/mol. The average Bonchev–Trinajstić information content (AvgIpc) is 3.28. The number of carbonyl (C=O) groups excluding carboxylic acids is 2. The van der Waals surface area contributed by atoms with Gasteiger partial charge in [0.05, 0.1) is 6.61 Å². The zero-order valence-electron chi connectivity index (χ0n) is 16.4. The van der Waals surface area contributed by atoms with E-state index in [0.717, 1.165) is 25.9 Å². The van der Waals surface area contributed by atoms with Crippen LogP contribution in [-0.4, -0.2) is 58.0 Å². The minimum atomic E-state index is -0.168. The minimum absolute atomic E-state index is 0.146. The van der Waals surface area contributed by atoms with Crippen LogP contribution >= 0.6 is 0 Å². The second kappa shape index (κ2) is 7.59. The van der Waals surface area contributed by atoms with Crippen molar-refractivity contribution in [1.29, 1.82) is 0 Å². The fourth-order valence-corrected chi connectivity index (χ4v) is 4.31. The molecule has 0 unspecified atom stereocenters. The lowest BCUT2D eigenvalue weighted by atomic mass is 9.83. The molecule has 30 heavy (non-hydrogen) atoms. The van der Waals surface area contributed by atoms with E-state index in [1.54, 1.807) is 42.5 Å². The Kier molecular flexibility index (Phi) is 4.77. The maximum Gasteiger partial charge on any atom is 0.257 e. The standard InChI is InChI=1S/C23H21N3O4/c27-12-11-26-9-7-14(8-10-26)22-24-23(30-25-22)15-5-6-18-19(13-15)21(29)17-4-2-1-3-16(17)20(18)28/h1-6,13-14,27H,7-12H2. The van der Waals surface area contributed by atoms with Gasteiger partial charge in [-0.3, -0.25) is 9.59 Å². The van der Waals surface area contributed by atoms with E-state index >= 15 is 0 Å². The van der Waals surface area contributed by atoms with Crippen molar-refractivity contribution in [2.75, 3.05) is 26.2 Å². The first-order valence-corrected chi connectivity index (χ1v) is 10.2. The molecule has 0 atom stereocenters. The average molecular weight is 403 g/mol. The second-order valence-corrected chi connectivity index (χ2v) is 7.76. The smallest absolute Gasteiger partial charge is 0.257 e. The van der Waals surface area contributed by atoms with Gasteiger partial charge in [0.2, 0.25) is 0 Å². The largest absolute Gasteiger partial charge is 0.395 e. The number of ketones is 2. The molecule has 3 aromatic rings. The van der Waals surface area contributed by atoms with Crippen LogP contribution in [0.5, 0.6) is 0 Å². The molecule has 1 N–H and O–H groups in total. The first-order valence-electron chi connectivity index (χ1n) is 10.2. The summed E-state index contributed by atoms with van der Waals surface area (Å²) in [6.45, 7) is 2.64. The van der Waals surface area contributed by atoms with Crippen LogP contribution in [0, 0.1) is 0 Å². The van der Waals surface area contributed by atoms with Gasteiger partial charge >= 0.3 is 0 Å². The Hall–Kier alpha value is -3.16. The van der Waals surface area contributed by atoms with Crippen molar-refractivity contribution >= 4 is 11.6 Å². The number of hydrogen-bond donors (Lipinski definition) is 1. The SMILES string of the molecule is O=C1c2ccccc2C(=O)c2cc(-c3nc(C4CCN(CCO)CC4)no3)ccc21. The molecule has 0 amide bonds. The van der Waals surface area contributed by atoms with Crippen molar-refractivity contribution < 1.29 is 19.2 Å². The van der Waals surface area contributed by atoms with E-state index in [-0.39, 0.29) is 24.1 Å². The number of aromatic nitrogens is 2. The summed E-state index contributed by atoms with van der Waals surface area (Å²) in [5, 5.41) is 13.2. The van der Waals surface area contributed by atoms with Gasteiger partial charge in [0, 0.05) is 40.3 Å². The number of β-amino-alcohol motifs (C(OH)–C–C–N with tert-alkyl or cyclic N) is 1. The molecule has 1 saturated heterocycles. The highest BCUT2D eigenvalue weighted by atomic mass is 16.5. The van der Waals surface area contributed by atoms with Gasteiger partial charge in [-0.1, -0.05) is 29.4 Å². The number of benzene rings is 2. The molecule has 7 heteroatoms. The van der Waals surface area contributed by atoms with E-state index in [1.165, 1.54) is 0 Å². The Balaban J connectivity index is 1.41. The van der Waals surface area contributed by atoms with Gasteiger partial charge in [0.15, 0.2) is 17.4 Å². The number of rotatable bonds is 4. The molecular formula is C23H21N3O4. The van der Waals surface area contributed by atoms with Gasteiger partial charge in [-0.05, 0) is 44.1 Å². The Labute approximate surface area is 173 Å². The van der Waals surface area contributed by atoms with Crippen LogP contribution in [0.1, 0.15) is 56.4 Å². The molecule has 1 fully saturated rings. The fourth-order valence-electron chi connectivity index (χ4n) is 4.31. The molecule has 152 valence electrons. The van der Waals surface area contributed by atoms with Crippen molar-refractivity contribution in [3.05, 3.63) is 70.5 Å². The van der Waals surface area contributed by atoms with Gasteiger partial charge in [-0.25, -0.2) is 0 Å².